The van der Waals surface area contributed by atoms with Crippen molar-refractivity contribution in [2.75, 3.05) is 7.11 Å². The maximum Gasteiger partial charge on any atom is 0.190 e. The van der Waals surface area contributed by atoms with Crippen LogP contribution >= 0.6 is 0 Å². The number of aromatic nitrogens is 2. The number of amidine groups is 1. The molecule has 1 aromatic heterocycles. The molecule has 0 radical (unpaired) electrons. The molecule has 2 N–H and O–H groups in total. The molecule has 0 aliphatic carbocycles. The van der Waals surface area contributed by atoms with Gasteiger partial charge in [0.15, 0.2) is 11.7 Å². The van der Waals surface area contributed by atoms with Gasteiger partial charge in [0.2, 0.25) is 0 Å². The number of hydrazone groups is 1. The monoisotopic (exact) mass is 369 g/mol. The number of ether oxygens (including phenoxy) is 1. The van der Waals surface area contributed by atoms with Crippen molar-refractivity contribution < 1.29 is 4.74 Å². The van der Waals surface area contributed by atoms with E-state index in [4.69, 9.17) is 4.74 Å². The molecule has 1 heterocycles. The van der Waals surface area contributed by atoms with E-state index in [2.05, 4.69) is 25.5 Å². The summed E-state index contributed by atoms with van der Waals surface area (Å²) in [6.07, 6.45) is 1.72. The number of nitrogens with zero attached hydrogens (tertiary/aromatic N) is 3. The summed E-state index contributed by atoms with van der Waals surface area (Å²) in [6.45, 7) is 0. The van der Waals surface area contributed by atoms with E-state index >= 15 is 0 Å². The third-order valence-corrected chi connectivity index (χ3v) is 4.11. The van der Waals surface area contributed by atoms with Gasteiger partial charge in [-0.05, 0) is 54.1 Å². The Bertz CT molecular complexity index is 1080. The van der Waals surface area contributed by atoms with E-state index in [0.29, 0.717) is 11.7 Å². The second-order valence-electron chi connectivity index (χ2n) is 6.04. The van der Waals surface area contributed by atoms with Crippen molar-refractivity contribution in [2.24, 2.45) is 10.1 Å². The van der Waals surface area contributed by atoms with E-state index in [-0.39, 0.29) is 0 Å². The fourth-order valence-corrected chi connectivity index (χ4v) is 2.69. The number of aliphatic imine (C=N–C) groups is 1. The molecule has 138 valence electrons. The lowest BCUT2D eigenvalue weighted by Crippen LogP contribution is -2.20. The molecule has 0 amide bonds. The summed E-state index contributed by atoms with van der Waals surface area (Å²) in [4.78, 5) is 12.6. The molecular weight excluding hydrogens is 350 g/mol. The Morgan fingerprint density at radius 1 is 0.964 bits per heavy atom. The zero-order valence-electron chi connectivity index (χ0n) is 15.3. The normalized spacial score (nSPS) is 11.8. The molecule has 0 fully saturated rings. The zero-order valence-corrected chi connectivity index (χ0v) is 15.3. The van der Waals surface area contributed by atoms with Gasteiger partial charge < -0.3 is 9.72 Å². The lowest BCUT2D eigenvalue weighted by atomic mass is 10.2. The lowest BCUT2D eigenvalue weighted by Gasteiger charge is -2.03. The first-order chi connectivity index (χ1) is 13.8. The molecule has 0 aliphatic heterocycles. The number of methoxy groups -OCH3 is 1. The predicted octanol–water partition coefficient (Wildman–Crippen LogP) is 4.27. The van der Waals surface area contributed by atoms with Gasteiger partial charge in [-0.15, -0.1) is 0 Å². The van der Waals surface area contributed by atoms with Crippen LogP contribution < -0.4 is 10.2 Å². The predicted molar refractivity (Wildman–Crippen MR) is 112 cm³/mol. The van der Waals surface area contributed by atoms with Gasteiger partial charge in [0, 0.05) is 0 Å². The molecule has 0 unspecified atom stereocenters. The summed E-state index contributed by atoms with van der Waals surface area (Å²) in [6, 6.07) is 25.2. The van der Waals surface area contributed by atoms with E-state index in [9.17, 15) is 0 Å². The number of imidazole rings is 1. The fraction of sp³-hybridized carbons (Fsp3) is 0.0455. The second-order valence-corrected chi connectivity index (χ2v) is 6.04. The number of nitrogens with one attached hydrogen (secondary N) is 2. The maximum absolute atomic E-state index is 5.17. The lowest BCUT2D eigenvalue weighted by molar-refractivity contribution is 0.415. The van der Waals surface area contributed by atoms with Crippen molar-refractivity contribution in [3.8, 4) is 5.75 Å². The molecule has 0 saturated carbocycles. The molecule has 6 nitrogen and oxygen atoms in total. The topological polar surface area (TPSA) is 74.7 Å². The minimum atomic E-state index is 0.534. The SMILES string of the molecule is COc1ccc(C=NNC(=Nc2ccccc2)c2nc3ccccc3[nH]2)cc1. The van der Waals surface area contributed by atoms with Gasteiger partial charge >= 0.3 is 0 Å². The number of rotatable bonds is 5. The van der Waals surface area contributed by atoms with Crippen LogP contribution in [0.1, 0.15) is 11.4 Å². The highest BCUT2D eigenvalue weighted by Gasteiger charge is 2.09. The van der Waals surface area contributed by atoms with Crippen molar-refractivity contribution in [1.82, 2.24) is 15.4 Å². The van der Waals surface area contributed by atoms with Crippen LogP contribution in [-0.4, -0.2) is 29.1 Å². The van der Waals surface area contributed by atoms with Gasteiger partial charge in [-0.3, -0.25) is 5.43 Å². The Hall–Kier alpha value is -3.93. The molecule has 4 aromatic rings. The molecule has 0 spiro atoms. The molecule has 0 bridgehead atoms. The Kier molecular flexibility index (Phi) is 5.11. The summed E-state index contributed by atoms with van der Waals surface area (Å²) in [7, 11) is 1.64. The molecule has 4 rings (SSSR count). The quantitative estimate of drug-likeness (QED) is 0.313. The summed E-state index contributed by atoms with van der Waals surface area (Å²) in [5.74, 6) is 1.96. The van der Waals surface area contributed by atoms with Crippen molar-refractivity contribution in [2.45, 2.75) is 0 Å². The summed E-state index contributed by atoms with van der Waals surface area (Å²) >= 11 is 0. The molecule has 0 aliphatic rings. The number of para-hydroxylation sites is 3. The highest BCUT2D eigenvalue weighted by atomic mass is 16.5. The van der Waals surface area contributed by atoms with Crippen LogP contribution in [0.5, 0.6) is 5.75 Å². The van der Waals surface area contributed by atoms with Crippen LogP contribution in [0.3, 0.4) is 0 Å². The van der Waals surface area contributed by atoms with Gasteiger partial charge in [0.25, 0.3) is 0 Å². The van der Waals surface area contributed by atoms with E-state index in [1.165, 1.54) is 0 Å². The number of hydrogen-bond donors (Lipinski definition) is 2. The number of aromatic amines is 1. The van der Waals surface area contributed by atoms with Crippen LogP contribution in [-0.2, 0) is 0 Å². The van der Waals surface area contributed by atoms with Crippen molar-refractivity contribution in [1.29, 1.82) is 0 Å². The summed E-state index contributed by atoms with van der Waals surface area (Å²) in [5, 5.41) is 4.33. The first-order valence-corrected chi connectivity index (χ1v) is 8.84. The highest BCUT2D eigenvalue weighted by molar-refractivity contribution is 6.00. The largest absolute Gasteiger partial charge is 0.497 e. The van der Waals surface area contributed by atoms with E-state index in [1.807, 2.05) is 78.9 Å². The third-order valence-electron chi connectivity index (χ3n) is 4.11. The smallest absolute Gasteiger partial charge is 0.190 e. The van der Waals surface area contributed by atoms with E-state index in [0.717, 1.165) is 28.0 Å². The molecule has 28 heavy (non-hydrogen) atoms. The van der Waals surface area contributed by atoms with Gasteiger partial charge in [-0.1, -0.05) is 30.3 Å². The molecular formula is C22H19N5O. The summed E-state index contributed by atoms with van der Waals surface area (Å²) in [5.41, 5.74) is 6.59. The van der Waals surface area contributed by atoms with Crippen LogP contribution in [0.25, 0.3) is 11.0 Å². The molecule has 3 aromatic carbocycles. The van der Waals surface area contributed by atoms with Crippen LogP contribution in [0.15, 0.2) is 89.0 Å². The second kappa shape index (κ2) is 8.18. The van der Waals surface area contributed by atoms with E-state index < -0.39 is 0 Å². The number of fused-ring (bicyclic) bond motifs is 1. The average molecular weight is 369 g/mol. The van der Waals surface area contributed by atoms with Crippen LogP contribution in [0.4, 0.5) is 5.69 Å². The Morgan fingerprint density at radius 3 is 2.46 bits per heavy atom. The molecule has 0 saturated heterocycles. The van der Waals surface area contributed by atoms with Crippen LogP contribution in [0.2, 0.25) is 0 Å². The highest BCUT2D eigenvalue weighted by Crippen LogP contribution is 2.15. The van der Waals surface area contributed by atoms with Gasteiger partial charge in [0.1, 0.15) is 5.75 Å². The number of H-pyrrole nitrogens is 1. The van der Waals surface area contributed by atoms with Crippen molar-refractivity contribution in [3.63, 3.8) is 0 Å². The van der Waals surface area contributed by atoms with Gasteiger partial charge in [0.05, 0.1) is 30.0 Å². The Labute approximate surface area is 162 Å². The number of benzene rings is 3. The van der Waals surface area contributed by atoms with Crippen molar-refractivity contribution >= 4 is 28.8 Å². The molecule has 0 atom stereocenters. The Balaban J connectivity index is 1.62. The zero-order chi connectivity index (χ0) is 19.2. The minimum Gasteiger partial charge on any atom is -0.497 e. The third kappa shape index (κ3) is 4.07. The maximum atomic E-state index is 5.17. The Morgan fingerprint density at radius 2 is 1.71 bits per heavy atom. The van der Waals surface area contributed by atoms with Crippen molar-refractivity contribution in [3.05, 3.63) is 90.3 Å². The number of hydrogen-bond acceptors (Lipinski definition) is 4. The first kappa shape index (κ1) is 17.5. The first-order valence-electron chi connectivity index (χ1n) is 8.84. The summed E-state index contributed by atoms with van der Waals surface area (Å²) < 4.78 is 5.17. The van der Waals surface area contributed by atoms with E-state index in [1.54, 1.807) is 13.3 Å². The van der Waals surface area contributed by atoms with Crippen LogP contribution in [0, 0.1) is 0 Å². The average Bonchev–Trinajstić information content (AvgIpc) is 3.18. The standard InChI is InChI=1S/C22H19N5O/c1-28-18-13-11-16(12-14-18)15-23-27-22(24-17-7-3-2-4-8-17)21-25-19-9-5-6-10-20(19)26-21/h2-15H,1H3,(H,24,27)(H,25,26). The van der Waals surface area contributed by atoms with Gasteiger partial charge in [-0.2, -0.15) is 5.10 Å². The van der Waals surface area contributed by atoms with Gasteiger partial charge in [-0.25, -0.2) is 9.98 Å². The minimum absolute atomic E-state index is 0.534. The molecule has 6 heteroatoms. The fourth-order valence-electron chi connectivity index (χ4n) is 2.69.